The van der Waals surface area contributed by atoms with Crippen LogP contribution in [0.15, 0.2) is 0 Å². The zero-order valence-corrected chi connectivity index (χ0v) is 11.8. The number of piperidine rings is 1. The van der Waals surface area contributed by atoms with Gasteiger partial charge in [-0.1, -0.05) is 0 Å². The molecule has 2 rings (SSSR count). The van der Waals surface area contributed by atoms with Crippen molar-refractivity contribution in [3.63, 3.8) is 0 Å². The number of rotatable bonds is 4. The van der Waals surface area contributed by atoms with Crippen molar-refractivity contribution in [2.45, 2.75) is 25.7 Å². The second-order valence-electron chi connectivity index (χ2n) is 5.52. The molecule has 102 valence electrons. The third kappa shape index (κ3) is 5.56. The first-order chi connectivity index (χ1) is 7.84. The molecule has 0 aromatic heterocycles. The summed E-state index contributed by atoms with van der Waals surface area (Å²) in [5, 5.41) is 3.49. The standard InChI is InChI=1S/C13H26N2O.ClH/c1-15(9-12-4-2-6-14-8-12)10-13-5-3-7-16-11-13;/h12-14H,2-11H2,1H3;1H. The van der Waals surface area contributed by atoms with Gasteiger partial charge in [0, 0.05) is 19.7 Å². The van der Waals surface area contributed by atoms with E-state index in [1.807, 2.05) is 0 Å². The van der Waals surface area contributed by atoms with Gasteiger partial charge in [-0.3, -0.25) is 0 Å². The second kappa shape index (κ2) is 8.30. The highest BCUT2D eigenvalue weighted by atomic mass is 35.5. The molecule has 3 nitrogen and oxygen atoms in total. The van der Waals surface area contributed by atoms with E-state index in [1.54, 1.807) is 0 Å². The molecular formula is C13H27ClN2O. The van der Waals surface area contributed by atoms with Gasteiger partial charge in [-0.2, -0.15) is 0 Å². The molecule has 17 heavy (non-hydrogen) atoms. The number of hydrogen-bond donors (Lipinski definition) is 1. The van der Waals surface area contributed by atoms with Gasteiger partial charge < -0.3 is 15.0 Å². The Morgan fingerprint density at radius 2 is 1.94 bits per heavy atom. The lowest BCUT2D eigenvalue weighted by molar-refractivity contribution is 0.0396. The average Bonchev–Trinajstić information content (AvgIpc) is 2.31. The van der Waals surface area contributed by atoms with Crippen LogP contribution in [0.25, 0.3) is 0 Å². The summed E-state index contributed by atoms with van der Waals surface area (Å²) in [6.45, 7) is 6.86. The first kappa shape index (κ1) is 15.2. The van der Waals surface area contributed by atoms with Crippen molar-refractivity contribution < 1.29 is 4.74 Å². The minimum absolute atomic E-state index is 0. The molecule has 0 radical (unpaired) electrons. The molecule has 1 N–H and O–H groups in total. The first-order valence-electron chi connectivity index (χ1n) is 6.81. The molecule has 2 aliphatic heterocycles. The van der Waals surface area contributed by atoms with Crippen LogP contribution in [0, 0.1) is 11.8 Å². The van der Waals surface area contributed by atoms with E-state index in [4.69, 9.17) is 4.74 Å². The Hall–Kier alpha value is 0.170. The van der Waals surface area contributed by atoms with Crippen LogP contribution in [0.3, 0.4) is 0 Å². The van der Waals surface area contributed by atoms with Gasteiger partial charge in [0.2, 0.25) is 0 Å². The molecule has 2 fully saturated rings. The molecule has 0 aromatic rings. The molecule has 0 aromatic carbocycles. The molecule has 2 saturated heterocycles. The van der Waals surface area contributed by atoms with Crippen LogP contribution < -0.4 is 5.32 Å². The van der Waals surface area contributed by atoms with Crippen molar-refractivity contribution >= 4 is 12.4 Å². The lowest BCUT2D eigenvalue weighted by Crippen LogP contribution is -2.39. The van der Waals surface area contributed by atoms with Gasteiger partial charge >= 0.3 is 0 Å². The van der Waals surface area contributed by atoms with Crippen LogP contribution in [0.5, 0.6) is 0 Å². The zero-order chi connectivity index (χ0) is 11.2. The molecular weight excluding hydrogens is 236 g/mol. The molecule has 0 aliphatic carbocycles. The Labute approximate surface area is 112 Å². The summed E-state index contributed by atoms with van der Waals surface area (Å²) in [5.74, 6) is 1.64. The van der Waals surface area contributed by atoms with Crippen molar-refractivity contribution in [1.82, 2.24) is 10.2 Å². The summed E-state index contributed by atoms with van der Waals surface area (Å²) < 4.78 is 5.53. The molecule has 2 atom stereocenters. The zero-order valence-electron chi connectivity index (χ0n) is 11.0. The third-order valence-corrected chi connectivity index (χ3v) is 3.79. The Morgan fingerprint density at radius 3 is 2.59 bits per heavy atom. The van der Waals surface area contributed by atoms with Gasteiger partial charge in [0.15, 0.2) is 0 Å². The van der Waals surface area contributed by atoms with Gasteiger partial charge in [0.1, 0.15) is 0 Å². The highest BCUT2D eigenvalue weighted by Crippen LogP contribution is 2.16. The SMILES string of the molecule is CN(CC1CCCNC1)CC1CCCOC1.Cl. The molecule has 2 heterocycles. The molecule has 0 saturated carbocycles. The highest BCUT2D eigenvalue weighted by molar-refractivity contribution is 5.85. The van der Waals surface area contributed by atoms with Crippen LogP contribution in [-0.2, 0) is 4.74 Å². The van der Waals surface area contributed by atoms with E-state index in [0.29, 0.717) is 0 Å². The first-order valence-corrected chi connectivity index (χ1v) is 6.81. The van der Waals surface area contributed by atoms with Gasteiger partial charge in [-0.15, -0.1) is 12.4 Å². The number of halogens is 1. The summed E-state index contributed by atoms with van der Waals surface area (Å²) in [5.41, 5.74) is 0. The molecule has 2 unspecified atom stereocenters. The molecule has 0 amide bonds. The average molecular weight is 263 g/mol. The van der Waals surface area contributed by atoms with Gasteiger partial charge in [-0.25, -0.2) is 0 Å². The Kier molecular flexibility index (Phi) is 7.44. The minimum atomic E-state index is 0. The van der Waals surface area contributed by atoms with Gasteiger partial charge in [0.05, 0.1) is 6.61 Å². The Morgan fingerprint density at radius 1 is 1.18 bits per heavy atom. The van der Waals surface area contributed by atoms with Gasteiger partial charge in [-0.05, 0) is 57.7 Å². The maximum absolute atomic E-state index is 5.53. The summed E-state index contributed by atoms with van der Waals surface area (Å²) in [6.07, 6.45) is 5.36. The summed E-state index contributed by atoms with van der Waals surface area (Å²) >= 11 is 0. The number of nitrogens with one attached hydrogen (secondary N) is 1. The second-order valence-corrected chi connectivity index (χ2v) is 5.52. The number of nitrogens with zero attached hydrogens (tertiary/aromatic N) is 1. The largest absolute Gasteiger partial charge is 0.381 e. The maximum Gasteiger partial charge on any atom is 0.0506 e. The van der Waals surface area contributed by atoms with E-state index >= 15 is 0 Å². The van der Waals surface area contributed by atoms with Crippen molar-refractivity contribution in [2.75, 3.05) is 46.4 Å². The normalized spacial score (nSPS) is 30.0. The maximum atomic E-state index is 5.53. The summed E-state index contributed by atoms with van der Waals surface area (Å²) in [7, 11) is 2.27. The van der Waals surface area contributed by atoms with E-state index in [2.05, 4.69) is 17.3 Å². The Bertz CT molecular complexity index is 172. The van der Waals surface area contributed by atoms with Crippen LogP contribution in [0.2, 0.25) is 0 Å². The lowest BCUT2D eigenvalue weighted by atomic mass is 9.97. The van der Waals surface area contributed by atoms with Gasteiger partial charge in [0.25, 0.3) is 0 Å². The van der Waals surface area contributed by atoms with Crippen molar-refractivity contribution in [1.29, 1.82) is 0 Å². The number of ether oxygens (including phenoxy) is 1. The van der Waals surface area contributed by atoms with E-state index in [1.165, 1.54) is 51.9 Å². The molecule has 2 aliphatic rings. The van der Waals surface area contributed by atoms with Crippen LogP contribution >= 0.6 is 12.4 Å². The third-order valence-electron chi connectivity index (χ3n) is 3.79. The van der Waals surface area contributed by atoms with E-state index in [-0.39, 0.29) is 12.4 Å². The molecule has 0 spiro atoms. The van der Waals surface area contributed by atoms with Crippen LogP contribution in [-0.4, -0.2) is 51.3 Å². The predicted octanol–water partition coefficient (Wildman–Crippen LogP) is 1.77. The quantitative estimate of drug-likeness (QED) is 0.836. The van der Waals surface area contributed by atoms with E-state index in [9.17, 15) is 0 Å². The lowest BCUT2D eigenvalue weighted by Gasteiger charge is -2.31. The highest BCUT2D eigenvalue weighted by Gasteiger charge is 2.19. The fourth-order valence-corrected chi connectivity index (χ4v) is 2.99. The van der Waals surface area contributed by atoms with Crippen molar-refractivity contribution in [2.24, 2.45) is 11.8 Å². The van der Waals surface area contributed by atoms with Crippen molar-refractivity contribution in [3.05, 3.63) is 0 Å². The Balaban J connectivity index is 0.00000144. The predicted molar refractivity (Wildman–Crippen MR) is 73.9 cm³/mol. The van der Waals surface area contributed by atoms with Crippen LogP contribution in [0.4, 0.5) is 0 Å². The monoisotopic (exact) mass is 262 g/mol. The summed E-state index contributed by atoms with van der Waals surface area (Å²) in [4.78, 5) is 2.51. The van der Waals surface area contributed by atoms with Crippen molar-refractivity contribution in [3.8, 4) is 0 Å². The smallest absolute Gasteiger partial charge is 0.0506 e. The molecule has 4 heteroatoms. The molecule has 0 bridgehead atoms. The summed E-state index contributed by atoms with van der Waals surface area (Å²) in [6, 6.07) is 0. The fraction of sp³-hybridized carbons (Fsp3) is 1.00. The van der Waals surface area contributed by atoms with Crippen LogP contribution in [0.1, 0.15) is 25.7 Å². The van der Waals surface area contributed by atoms with E-state index in [0.717, 1.165) is 25.0 Å². The van der Waals surface area contributed by atoms with E-state index < -0.39 is 0 Å². The number of hydrogen-bond acceptors (Lipinski definition) is 3. The fourth-order valence-electron chi connectivity index (χ4n) is 2.99. The topological polar surface area (TPSA) is 24.5 Å². The minimum Gasteiger partial charge on any atom is -0.381 e.